The van der Waals surface area contributed by atoms with E-state index >= 15 is 0 Å². The van der Waals surface area contributed by atoms with Crippen LogP contribution in [0.25, 0.3) is 0 Å². The third-order valence-electron chi connectivity index (χ3n) is 0.641. The molecule has 0 fully saturated rings. The molecule has 0 aliphatic carbocycles. The van der Waals surface area contributed by atoms with Crippen molar-refractivity contribution in [1.82, 2.24) is 20.6 Å². The van der Waals surface area contributed by atoms with Crippen LogP contribution in [0.5, 0.6) is 0 Å². The number of aromatic nitrogens is 4. The van der Waals surface area contributed by atoms with Crippen LogP contribution < -0.4 is 5.73 Å². The largest absolute Gasteiger partial charge is 0.369 e. The molecule has 6 heteroatoms. The number of hydrogen-bond donors (Lipinski definition) is 2. The van der Waals surface area contributed by atoms with Gasteiger partial charge in [-0.05, 0) is 10.4 Å². The summed E-state index contributed by atoms with van der Waals surface area (Å²) < 4.78 is 0. The fraction of sp³-hybridized carbons (Fsp3) is 0. The van der Waals surface area contributed by atoms with Crippen molar-refractivity contribution in [3.05, 3.63) is 12.2 Å². The van der Waals surface area contributed by atoms with E-state index in [1.807, 2.05) is 0 Å². The van der Waals surface area contributed by atoms with Crippen molar-refractivity contribution in [2.45, 2.75) is 0 Å². The van der Waals surface area contributed by atoms with E-state index in [4.69, 9.17) is 5.73 Å². The number of nitrogens with two attached hydrogens (primary N) is 1. The smallest absolute Gasteiger partial charge is 0.229 e. The second kappa shape index (κ2) is 2.21. The third kappa shape index (κ3) is 1.48. The van der Waals surface area contributed by atoms with Gasteiger partial charge >= 0.3 is 0 Å². The van der Waals surface area contributed by atoms with E-state index in [1.54, 1.807) is 0 Å². The maximum Gasteiger partial charge on any atom is 0.229 e. The van der Waals surface area contributed by atoms with E-state index < -0.39 is 5.91 Å². The number of carbonyl (C=O) groups excluding carboxylic acids is 1. The minimum atomic E-state index is -0.575. The molecule has 9 heavy (non-hydrogen) atoms. The molecule has 6 nitrogen and oxygen atoms in total. The molecule has 0 bridgehead atoms. The molecular formula is C3H4N5O. The first-order valence-corrected chi connectivity index (χ1v) is 2.17. The summed E-state index contributed by atoms with van der Waals surface area (Å²) in [5.74, 6) is -0.309. The summed E-state index contributed by atoms with van der Waals surface area (Å²) in [5, 5.41) is 12.2. The molecule has 0 atom stereocenters. The summed E-state index contributed by atoms with van der Waals surface area (Å²) in [6, 6.07) is 0. The van der Waals surface area contributed by atoms with Crippen LogP contribution in [0.4, 0.5) is 0 Å². The lowest BCUT2D eigenvalue weighted by Gasteiger charge is -1.82. The summed E-state index contributed by atoms with van der Waals surface area (Å²) >= 11 is 0. The van der Waals surface area contributed by atoms with Crippen LogP contribution in [0.1, 0.15) is 5.82 Å². The number of hydrogen-bond acceptors (Lipinski definition) is 4. The van der Waals surface area contributed by atoms with Crippen molar-refractivity contribution in [1.29, 1.82) is 0 Å². The zero-order valence-corrected chi connectivity index (χ0v) is 4.40. The van der Waals surface area contributed by atoms with Gasteiger partial charge in [0.15, 0.2) is 5.82 Å². The van der Waals surface area contributed by atoms with Crippen LogP contribution in [-0.4, -0.2) is 26.5 Å². The van der Waals surface area contributed by atoms with Crippen LogP contribution >= 0.6 is 0 Å². The number of carbonyl (C=O) groups is 1. The summed E-state index contributed by atoms with van der Waals surface area (Å²) in [5.41, 5.74) is 4.77. The number of H-pyrrole nitrogens is 1. The lowest BCUT2D eigenvalue weighted by Crippen LogP contribution is -2.12. The van der Waals surface area contributed by atoms with Crippen molar-refractivity contribution in [3.8, 4) is 0 Å². The number of nitrogens with one attached hydrogen (secondary N) is 1. The summed E-state index contributed by atoms with van der Waals surface area (Å²) in [6.45, 7) is 0. The number of aromatic amines is 1. The molecule has 1 aromatic heterocycles. The van der Waals surface area contributed by atoms with Gasteiger partial charge in [0.2, 0.25) is 5.91 Å². The number of tetrazole rings is 1. The zero-order valence-electron chi connectivity index (χ0n) is 4.40. The highest BCUT2D eigenvalue weighted by Gasteiger charge is 2.00. The van der Waals surface area contributed by atoms with Crippen LogP contribution in [0.2, 0.25) is 0 Å². The van der Waals surface area contributed by atoms with Gasteiger partial charge in [-0.1, -0.05) is 0 Å². The lowest BCUT2D eigenvalue weighted by molar-refractivity contribution is -0.114. The molecule has 0 spiro atoms. The van der Waals surface area contributed by atoms with Gasteiger partial charge in [-0.3, -0.25) is 4.79 Å². The highest BCUT2D eigenvalue weighted by molar-refractivity contribution is 5.85. The lowest BCUT2D eigenvalue weighted by atomic mass is 10.4. The van der Waals surface area contributed by atoms with Crippen LogP contribution in [0.3, 0.4) is 0 Å². The minimum absolute atomic E-state index is 0.266. The predicted octanol–water partition coefficient (Wildman–Crippen LogP) is -1.76. The van der Waals surface area contributed by atoms with Gasteiger partial charge in [-0.25, -0.2) is 5.10 Å². The molecule has 1 heterocycles. The molecule has 0 aliphatic rings. The van der Waals surface area contributed by atoms with Crippen molar-refractivity contribution >= 4 is 5.91 Å². The SMILES string of the molecule is NC(=O)[CH]c1nnn[nH]1. The first-order valence-electron chi connectivity index (χ1n) is 2.17. The van der Waals surface area contributed by atoms with Gasteiger partial charge in [0.25, 0.3) is 0 Å². The summed E-state index contributed by atoms with van der Waals surface area (Å²) in [6.07, 6.45) is 1.10. The Morgan fingerprint density at radius 1 is 1.78 bits per heavy atom. The van der Waals surface area contributed by atoms with Gasteiger partial charge in [0.1, 0.15) is 6.42 Å². The second-order valence-electron chi connectivity index (χ2n) is 1.33. The number of nitrogens with zero attached hydrogens (tertiary/aromatic N) is 3. The van der Waals surface area contributed by atoms with E-state index in [0.717, 1.165) is 6.42 Å². The second-order valence-corrected chi connectivity index (χ2v) is 1.33. The number of amides is 1. The van der Waals surface area contributed by atoms with Crippen LogP contribution in [-0.2, 0) is 4.79 Å². The highest BCUT2D eigenvalue weighted by atomic mass is 16.1. The molecule has 0 aliphatic heterocycles. The Morgan fingerprint density at radius 3 is 3.00 bits per heavy atom. The molecule has 1 aromatic rings. The molecule has 47 valence electrons. The molecular weight excluding hydrogens is 122 g/mol. The van der Waals surface area contributed by atoms with E-state index in [9.17, 15) is 4.79 Å². The number of rotatable bonds is 2. The average molecular weight is 126 g/mol. The van der Waals surface area contributed by atoms with E-state index in [2.05, 4.69) is 20.6 Å². The standard InChI is InChI=1S/C3H4N5O/c4-2(9)1-3-5-7-8-6-3/h1H,(H2,4,9)(H,5,6,7,8). The molecule has 0 unspecified atom stereocenters. The molecule has 1 radical (unpaired) electrons. The van der Waals surface area contributed by atoms with E-state index in [1.165, 1.54) is 0 Å². The van der Waals surface area contributed by atoms with E-state index in [-0.39, 0.29) is 5.82 Å². The van der Waals surface area contributed by atoms with Gasteiger partial charge < -0.3 is 5.73 Å². The maximum atomic E-state index is 10.1. The predicted molar refractivity (Wildman–Crippen MR) is 26.8 cm³/mol. The highest BCUT2D eigenvalue weighted by Crippen LogP contribution is 1.85. The molecule has 0 saturated heterocycles. The Kier molecular flexibility index (Phi) is 1.39. The Hall–Kier alpha value is -1.46. The Labute approximate surface area is 50.4 Å². The Morgan fingerprint density at radius 2 is 2.56 bits per heavy atom. The monoisotopic (exact) mass is 126 g/mol. The van der Waals surface area contributed by atoms with Gasteiger partial charge in [-0.2, -0.15) is 0 Å². The summed E-state index contributed by atoms with van der Waals surface area (Å²) in [4.78, 5) is 10.1. The molecule has 3 N–H and O–H groups in total. The Bertz CT molecular complexity index is 192. The van der Waals surface area contributed by atoms with Gasteiger partial charge in [0.05, 0.1) is 0 Å². The van der Waals surface area contributed by atoms with Crippen molar-refractivity contribution in [2.24, 2.45) is 5.73 Å². The average Bonchev–Trinajstić information content (AvgIpc) is 2.15. The van der Waals surface area contributed by atoms with Gasteiger partial charge in [0, 0.05) is 0 Å². The summed E-state index contributed by atoms with van der Waals surface area (Å²) in [7, 11) is 0. The molecule has 0 saturated carbocycles. The molecule has 1 rings (SSSR count). The maximum absolute atomic E-state index is 10.1. The quantitative estimate of drug-likeness (QED) is 0.490. The van der Waals surface area contributed by atoms with Crippen molar-refractivity contribution in [3.63, 3.8) is 0 Å². The zero-order chi connectivity index (χ0) is 6.69. The first kappa shape index (κ1) is 5.67. The van der Waals surface area contributed by atoms with Crippen LogP contribution in [0.15, 0.2) is 0 Å². The van der Waals surface area contributed by atoms with Crippen LogP contribution in [0, 0.1) is 6.42 Å². The Balaban J connectivity index is 2.58. The first-order chi connectivity index (χ1) is 4.29. The van der Waals surface area contributed by atoms with E-state index in [0.29, 0.717) is 0 Å². The number of primary amides is 1. The minimum Gasteiger partial charge on any atom is -0.369 e. The van der Waals surface area contributed by atoms with Crippen molar-refractivity contribution < 1.29 is 4.79 Å². The molecule has 0 aromatic carbocycles. The molecule has 1 amide bonds. The van der Waals surface area contributed by atoms with Gasteiger partial charge in [-0.15, -0.1) is 5.10 Å². The normalized spacial score (nSPS) is 9.33. The fourth-order valence-corrected chi connectivity index (χ4v) is 0.362. The van der Waals surface area contributed by atoms with Crippen molar-refractivity contribution in [2.75, 3.05) is 0 Å². The fourth-order valence-electron chi connectivity index (χ4n) is 0.362. The topological polar surface area (TPSA) is 97.6 Å². The third-order valence-corrected chi connectivity index (χ3v) is 0.641.